The Morgan fingerprint density at radius 3 is 2.75 bits per heavy atom. The Balaban J connectivity index is 1.14. The molecule has 3 fully saturated rings. The summed E-state index contributed by atoms with van der Waals surface area (Å²) in [6, 6.07) is 4.98. The summed E-state index contributed by atoms with van der Waals surface area (Å²) in [5, 5.41) is 7.36. The molecule has 2 aliphatic heterocycles. The third kappa shape index (κ3) is 3.81. The number of ether oxygens (including phenoxy) is 1. The van der Waals surface area contributed by atoms with Gasteiger partial charge in [-0.1, -0.05) is 0 Å². The molecule has 0 amide bonds. The molecule has 4 aromatic rings. The summed E-state index contributed by atoms with van der Waals surface area (Å²) < 4.78 is 38.8. The van der Waals surface area contributed by atoms with Gasteiger partial charge < -0.3 is 14.6 Å². The molecule has 1 N–H and O–H groups in total. The summed E-state index contributed by atoms with van der Waals surface area (Å²) in [7, 11) is 0. The fourth-order valence-corrected chi connectivity index (χ4v) is 5.27. The molecule has 0 aromatic carbocycles. The predicted molar refractivity (Wildman–Crippen MR) is 130 cm³/mol. The summed E-state index contributed by atoms with van der Waals surface area (Å²) in [5.41, 5.74) is 4.24. The first-order valence-electron chi connectivity index (χ1n) is 12.6. The fraction of sp³-hybridized carbons (Fsp3) is 0.520. The number of likely N-dealkylation sites (tertiary alicyclic amines) is 1. The molecular weight excluding hydrogens is 466 g/mol. The van der Waals surface area contributed by atoms with Gasteiger partial charge in [0.05, 0.1) is 49.2 Å². The van der Waals surface area contributed by atoms with Gasteiger partial charge in [-0.05, 0) is 50.3 Å². The van der Waals surface area contributed by atoms with Crippen LogP contribution in [0.1, 0.15) is 25.1 Å². The van der Waals surface area contributed by atoms with E-state index in [1.54, 1.807) is 10.7 Å². The first-order chi connectivity index (χ1) is 17.4. The van der Waals surface area contributed by atoms with Gasteiger partial charge in [-0.2, -0.15) is 0 Å². The van der Waals surface area contributed by atoms with Gasteiger partial charge in [-0.15, -0.1) is 5.10 Å². The van der Waals surface area contributed by atoms with Crippen molar-refractivity contribution >= 4 is 22.6 Å². The summed E-state index contributed by atoms with van der Waals surface area (Å²) in [4.78, 5) is 15.8. The zero-order valence-electron chi connectivity index (χ0n) is 20.1. The number of pyridine rings is 1. The molecule has 2 saturated heterocycles. The van der Waals surface area contributed by atoms with Gasteiger partial charge in [0.25, 0.3) is 5.92 Å². The number of hydrogen-bond donors (Lipinski definition) is 1. The minimum absolute atomic E-state index is 0.104. The number of nitrogens with one attached hydrogen (secondary N) is 1. The highest BCUT2D eigenvalue weighted by Gasteiger charge is 2.47. The summed E-state index contributed by atoms with van der Waals surface area (Å²) in [6.07, 6.45) is 6.32. The molecule has 1 aliphatic carbocycles. The van der Waals surface area contributed by atoms with Gasteiger partial charge in [0.1, 0.15) is 11.3 Å². The number of nitrogens with zero attached hydrogens (tertiary/aromatic N) is 7. The average molecular weight is 495 g/mol. The van der Waals surface area contributed by atoms with Crippen LogP contribution in [0.15, 0.2) is 30.6 Å². The number of imidazole rings is 1. The van der Waals surface area contributed by atoms with E-state index in [1.807, 2.05) is 36.2 Å². The molecule has 4 aromatic heterocycles. The smallest absolute Gasteiger partial charge is 0.280 e. The van der Waals surface area contributed by atoms with Crippen LogP contribution in [0.3, 0.4) is 0 Å². The zero-order valence-corrected chi connectivity index (χ0v) is 20.1. The van der Waals surface area contributed by atoms with Gasteiger partial charge in [0.2, 0.25) is 5.95 Å². The summed E-state index contributed by atoms with van der Waals surface area (Å²) >= 11 is 0. The number of aryl methyl sites for hydroxylation is 1. The maximum atomic E-state index is 14.9. The largest absolute Gasteiger partial charge is 0.378 e. The Kier molecular flexibility index (Phi) is 5.00. The minimum Gasteiger partial charge on any atom is -0.378 e. The predicted octanol–water partition coefficient (Wildman–Crippen LogP) is 3.38. The van der Waals surface area contributed by atoms with Crippen molar-refractivity contribution in [1.29, 1.82) is 0 Å². The lowest BCUT2D eigenvalue weighted by molar-refractivity contribution is -0.131. The number of fused-ring (bicyclic) bond motifs is 2. The van der Waals surface area contributed by atoms with Crippen LogP contribution in [0.2, 0.25) is 0 Å². The number of alkyl halides is 2. The topological polar surface area (TPSA) is 85.4 Å². The van der Waals surface area contributed by atoms with E-state index in [2.05, 4.69) is 25.0 Å². The number of piperidine rings is 1. The van der Waals surface area contributed by atoms with Crippen LogP contribution < -0.4 is 5.32 Å². The molecule has 11 heteroatoms. The normalized spacial score (nSPS) is 22.8. The molecule has 1 atom stereocenters. The quantitative estimate of drug-likeness (QED) is 0.440. The number of halogens is 2. The minimum atomic E-state index is -2.88. The Bertz CT molecular complexity index is 1440. The number of hydrogen-bond acceptors (Lipinski definition) is 7. The highest BCUT2D eigenvalue weighted by Crippen LogP contribution is 2.34. The van der Waals surface area contributed by atoms with Crippen molar-refractivity contribution in [3.8, 4) is 11.3 Å². The zero-order chi connectivity index (χ0) is 24.4. The summed E-state index contributed by atoms with van der Waals surface area (Å²) in [6.45, 7) is 4.37. The number of anilines is 1. The monoisotopic (exact) mass is 494 g/mol. The molecule has 0 radical (unpaired) electrons. The lowest BCUT2D eigenvalue weighted by Gasteiger charge is -2.44. The van der Waals surface area contributed by atoms with E-state index in [9.17, 15) is 8.78 Å². The van der Waals surface area contributed by atoms with E-state index in [-0.39, 0.29) is 18.5 Å². The van der Waals surface area contributed by atoms with E-state index < -0.39 is 12.0 Å². The van der Waals surface area contributed by atoms with Crippen LogP contribution in [0, 0.1) is 12.8 Å². The number of rotatable bonds is 6. The fourth-order valence-electron chi connectivity index (χ4n) is 5.27. The van der Waals surface area contributed by atoms with Crippen LogP contribution in [0.5, 0.6) is 0 Å². The Hall–Kier alpha value is -3.18. The molecule has 9 nitrogen and oxygen atoms in total. The molecule has 188 valence electrons. The van der Waals surface area contributed by atoms with E-state index in [0.717, 1.165) is 40.3 Å². The second-order valence-electron chi connectivity index (χ2n) is 10.3. The average Bonchev–Trinajstić information content (AvgIpc) is 3.46. The van der Waals surface area contributed by atoms with Crippen molar-refractivity contribution in [2.45, 2.75) is 50.7 Å². The second-order valence-corrected chi connectivity index (χ2v) is 10.3. The van der Waals surface area contributed by atoms with Crippen LogP contribution in [-0.4, -0.2) is 78.3 Å². The van der Waals surface area contributed by atoms with Gasteiger partial charge >= 0.3 is 0 Å². The van der Waals surface area contributed by atoms with Crippen molar-refractivity contribution in [3.05, 3.63) is 36.4 Å². The maximum Gasteiger partial charge on any atom is 0.280 e. The summed E-state index contributed by atoms with van der Waals surface area (Å²) in [5.74, 6) is -0.996. The van der Waals surface area contributed by atoms with E-state index in [4.69, 9.17) is 9.72 Å². The standard InChI is InChI=1S/C25H28F2N8O/c1-15-29-20-5-4-19(30-23(20)34(15)11-16-2-3-16)18-6-9-35-21(18)10-28-24(32-35)31-22-7-8-33(14-25(22,26)27)17-12-36-13-17/h4-6,9-10,16-17,22H,2-3,7-8,11-14H2,1H3,(H,31,32)/t22-/m1/s1. The SMILES string of the molecule is Cc1nc2ccc(-c3ccn4nc(N[C@@H]5CCN(C6COC6)CC5(F)F)ncc34)nc2n1CC1CC1. The van der Waals surface area contributed by atoms with Crippen molar-refractivity contribution in [2.75, 3.05) is 31.6 Å². The molecule has 0 bridgehead atoms. The lowest BCUT2D eigenvalue weighted by atomic mass is 9.98. The Morgan fingerprint density at radius 1 is 1.14 bits per heavy atom. The van der Waals surface area contributed by atoms with Crippen LogP contribution in [0.25, 0.3) is 27.9 Å². The molecule has 36 heavy (non-hydrogen) atoms. The third-order valence-electron chi connectivity index (χ3n) is 7.68. The van der Waals surface area contributed by atoms with Gasteiger partial charge in [0, 0.05) is 24.8 Å². The third-order valence-corrected chi connectivity index (χ3v) is 7.68. The van der Waals surface area contributed by atoms with E-state index in [0.29, 0.717) is 32.1 Å². The molecule has 6 heterocycles. The van der Waals surface area contributed by atoms with E-state index >= 15 is 0 Å². The van der Waals surface area contributed by atoms with Crippen molar-refractivity contribution in [2.24, 2.45) is 5.92 Å². The van der Waals surface area contributed by atoms with Gasteiger partial charge in [-0.3, -0.25) is 4.90 Å². The van der Waals surface area contributed by atoms with Crippen LogP contribution >= 0.6 is 0 Å². The van der Waals surface area contributed by atoms with Gasteiger partial charge in [0.15, 0.2) is 5.65 Å². The molecular formula is C25H28F2N8O. The van der Waals surface area contributed by atoms with E-state index in [1.165, 1.54) is 12.8 Å². The van der Waals surface area contributed by atoms with Crippen molar-refractivity contribution in [1.82, 2.24) is 34.0 Å². The van der Waals surface area contributed by atoms with Crippen LogP contribution in [-0.2, 0) is 11.3 Å². The Labute approximate surface area is 206 Å². The van der Waals surface area contributed by atoms with Gasteiger partial charge in [-0.25, -0.2) is 28.2 Å². The van der Waals surface area contributed by atoms with Crippen LogP contribution in [0.4, 0.5) is 14.7 Å². The molecule has 1 saturated carbocycles. The highest BCUT2D eigenvalue weighted by molar-refractivity contribution is 5.82. The molecule has 0 spiro atoms. The van der Waals surface area contributed by atoms with Crippen molar-refractivity contribution in [3.63, 3.8) is 0 Å². The molecule has 3 aliphatic rings. The molecule has 7 rings (SSSR count). The van der Waals surface area contributed by atoms with Crippen molar-refractivity contribution < 1.29 is 13.5 Å². The maximum absolute atomic E-state index is 14.9. The first kappa shape index (κ1) is 22.1. The second kappa shape index (κ2) is 8.17. The number of aromatic nitrogens is 6. The highest BCUT2D eigenvalue weighted by atomic mass is 19.3. The first-order valence-corrected chi connectivity index (χ1v) is 12.6. The molecule has 0 unspecified atom stereocenters. The lowest BCUT2D eigenvalue weighted by Crippen LogP contribution is -2.61. The Morgan fingerprint density at radius 2 is 2.00 bits per heavy atom.